The van der Waals surface area contributed by atoms with Crippen molar-refractivity contribution in [1.82, 2.24) is 9.21 Å². The third kappa shape index (κ3) is 5.27. The lowest BCUT2D eigenvalue weighted by atomic mass is 9.96. The molecule has 0 atom stereocenters. The zero-order chi connectivity index (χ0) is 20.0. The highest BCUT2D eigenvalue weighted by Crippen LogP contribution is 2.27. The van der Waals surface area contributed by atoms with E-state index in [2.05, 4.69) is 9.47 Å². The van der Waals surface area contributed by atoms with Crippen LogP contribution in [0.3, 0.4) is 0 Å². The second-order valence-corrected chi connectivity index (χ2v) is 9.07. The van der Waals surface area contributed by atoms with Gasteiger partial charge in [-0.15, -0.1) is 11.3 Å². The molecule has 1 amide bonds. The molecular formula is C16H22N2O7S2. The molecule has 0 spiro atoms. The van der Waals surface area contributed by atoms with Gasteiger partial charge in [0.15, 0.2) is 0 Å². The van der Waals surface area contributed by atoms with E-state index in [1.54, 1.807) is 17.5 Å². The van der Waals surface area contributed by atoms with Gasteiger partial charge in [0, 0.05) is 19.0 Å². The number of hydrogen-bond acceptors (Lipinski definition) is 8. The highest BCUT2D eigenvalue weighted by Gasteiger charge is 2.35. The fourth-order valence-corrected chi connectivity index (χ4v) is 5.41. The third-order valence-corrected chi connectivity index (χ3v) is 7.57. The normalized spacial score (nSPS) is 15.9. The van der Waals surface area contributed by atoms with E-state index in [-0.39, 0.29) is 36.3 Å². The van der Waals surface area contributed by atoms with E-state index < -0.39 is 27.9 Å². The number of sulfonamides is 1. The van der Waals surface area contributed by atoms with Gasteiger partial charge in [-0.3, -0.25) is 14.4 Å². The quantitative estimate of drug-likeness (QED) is 0.587. The topological polar surface area (TPSA) is 110 Å². The Morgan fingerprint density at radius 1 is 1.15 bits per heavy atom. The first-order valence-electron chi connectivity index (χ1n) is 8.25. The molecule has 0 aliphatic carbocycles. The third-order valence-electron chi connectivity index (χ3n) is 4.30. The maximum Gasteiger partial charge on any atom is 0.325 e. The number of piperidine rings is 1. The van der Waals surface area contributed by atoms with Gasteiger partial charge in [0.05, 0.1) is 14.2 Å². The molecule has 11 heteroatoms. The fourth-order valence-electron chi connectivity index (χ4n) is 2.79. The molecule has 0 bridgehead atoms. The predicted octanol–water partition coefficient (Wildman–Crippen LogP) is 0.323. The van der Waals surface area contributed by atoms with E-state index in [0.29, 0.717) is 12.8 Å². The second kappa shape index (κ2) is 9.29. The molecule has 0 saturated carbocycles. The Hall–Kier alpha value is -1.98. The molecular weight excluding hydrogens is 396 g/mol. The van der Waals surface area contributed by atoms with Gasteiger partial charge < -0.3 is 14.4 Å². The molecule has 0 unspecified atom stereocenters. The van der Waals surface area contributed by atoms with Crippen LogP contribution in [0.15, 0.2) is 21.7 Å². The number of ether oxygens (including phenoxy) is 2. The molecule has 1 aliphatic heterocycles. The van der Waals surface area contributed by atoms with Crippen molar-refractivity contribution in [2.24, 2.45) is 5.92 Å². The SMILES string of the molecule is COC(=O)CN(CC(=O)OC)C(=O)C1CCN(S(=O)(=O)c2cccs2)CC1. The van der Waals surface area contributed by atoms with E-state index >= 15 is 0 Å². The first-order valence-corrected chi connectivity index (χ1v) is 10.6. The summed E-state index contributed by atoms with van der Waals surface area (Å²) in [5, 5.41) is 1.70. The summed E-state index contributed by atoms with van der Waals surface area (Å²) < 4.78 is 35.8. The summed E-state index contributed by atoms with van der Waals surface area (Å²) >= 11 is 1.15. The number of methoxy groups -OCH3 is 2. The lowest BCUT2D eigenvalue weighted by Gasteiger charge is -2.32. The smallest absolute Gasteiger partial charge is 0.325 e. The summed E-state index contributed by atoms with van der Waals surface area (Å²) in [4.78, 5) is 36.9. The van der Waals surface area contributed by atoms with Crippen molar-refractivity contribution < 1.29 is 32.3 Å². The molecule has 0 aromatic carbocycles. The fraction of sp³-hybridized carbons (Fsp3) is 0.562. The van der Waals surface area contributed by atoms with Crippen LogP contribution in [-0.4, -0.2) is 75.9 Å². The van der Waals surface area contributed by atoms with Gasteiger partial charge in [0.1, 0.15) is 17.3 Å². The lowest BCUT2D eigenvalue weighted by molar-refractivity contribution is -0.154. The second-order valence-electron chi connectivity index (χ2n) is 5.96. The number of carbonyl (C=O) groups is 3. The van der Waals surface area contributed by atoms with E-state index in [9.17, 15) is 22.8 Å². The number of amides is 1. The van der Waals surface area contributed by atoms with Crippen molar-refractivity contribution in [3.8, 4) is 0 Å². The van der Waals surface area contributed by atoms with Gasteiger partial charge in [-0.2, -0.15) is 4.31 Å². The van der Waals surface area contributed by atoms with Crippen LogP contribution >= 0.6 is 11.3 Å². The molecule has 1 fully saturated rings. The molecule has 1 aromatic rings. The van der Waals surface area contributed by atoms with Gasteiger partial charge in [-0.05, 0) is 24.3 Å². The van der Waals surface area contributed by atoms with Gasteiger partial charge in [0.2, 0.25) is 5.91 Å². The summed E-state index contributed by atoms with van der Waals surface area (Å²) in [6.07, 6.45) is 0.616. The van der Waals surface area contributed by atoms with Crippen LogP contribution in [0.2, 0.25) is 0 Å². The zero-order valence-corrected chi connectivity index (χ0v) is 16.8. The van der Waals surface area contributed by atoms with Crippen molar-refractivity contribution in [3.05, 3.63) is 17.5 Å². The molecule has 1 saturated heterocycles. The van der Waals surface area contributed by atoms with E-state index in [1.165, 1.54) is 18.5 Å². The molecule has 150 valence electrons. The average Bonchev–Trinajstić information content (AvgIpc) is 3.22. The Morgan fingerprint density at radius 2 is 1.70 bits per heavy atom. The Bertz CT molecular complexity index is 751. The minimum atomic E-state index is -3.56. The minimum Gasteiger partial charge on any atom is -0.468 e. The van der Waals surface area contributed by atoms with Crippen LogP contribution in [0.4, 0.5) is 0 Å². The number of rotatable bonds is 7. The van der Waals surface area contributed by atoms with Crippen LogP contribution in [0, 0.1) is 5.92 Å². The lowest BCUT2D eigenvalue weighted by Crippen LogP contribution is -2.47. The Balaban J connectivity index is 2.02. The van der Waals surface area contributed by atoms with Gasteiger partial charge in [-0.1, -0.05) is 6.07 Å². The highest BCUT2D eigenvalue weighted by molar-refractivity contribution is 7.91. The Kier molecular flexibility index (Phi) is 7.33. The number of hydrogen-bond donors (Lipinski definition) is 0. The first kappa shape index (κ1) is 21.3. The van der Waals surface area contributed by atoms with E-state index in [4.69, 9.17) is 0 Å². The average molecular weight is 418 g/mol. The molecule has 9 nitrogen and oxygen atoms in total. The van der Waals surface area contributed by atoms with Crippen LogP contribution in [0.5, 0.6) is 0 Å². The summed E-state index contributed by atoms with van der Waals surface area (Å²) in [5.41, 5.74) is 0. The summed E-state index contributed by atoms with van der Waals surface area (Å²) in [7, 11) is -1.17. The van der Waals surface area contributed by atoms with Gasteiger partial charge >= 0.3 is 11.9 Å². The number of carbonyl (C=O) groups excluding carboxylic acids is 3. The number of esters is 2. The first-order chi connectivity index (χ1) is 12.8. The molecule has 27 heavy (non-hydrogen) atoms. The summed E-state index contributed by atoms with van der Waals surface area (Å²) in [6.45, 7) is -0.335. The highest BCUT2D eigenvalue weighted by atomic mass is 32.2. The van der Waals surface area contributed by atoms with E-state index in [1.807, 2.05) is 0 Å². The monoisotopic (exact) mass is 418 g/mol. The number of nitrogens with zero attached hydrogens (tertiary/aromatic N) is 2. The molecule has 2 rings (SSSR count). The van der Waals surface area contributed by atoms with Gasteiger partial charge in [0.25, 0.3) is 10.0 Å². The summed E-state index contributed by atoms with van der Waals surface area (Å²) in [6, 6.07) is 3.22. The molecule has 2 heterocycles. The van der Waals surface area contributed by atoms with Crippen LogP contribution in [0.25, 0.3) is 0 Å². The standard InChI is InChI=1S/C16H22N2O7S2/c1-24-13(19)10-17(11-14(20)25-2)16(21)12-5-7-18(8-6-12)27(22,23)15-4-3-9-26-15/h3-4,9,12H,5-8,10-11H2,1-2H3. The maximum absolute atomic E-state index is 12.7. The molecule has 1 aliphatic rings. The maximum atomic E-state index is 12.7. The number of thiophene rings is 1. The summed E-state index contributed by atoms with van der Waals surface area (Å²) in [5.74, 6) is -2.16. The minimum absolute atomic E-state index is 0.195. The van der Waals surface area contributed by atoms with Crippen molar-refractivity contribution in [2.45, 2.75) is 17.1 Å². The van der Waals surface area contributed by atoms with Crippen LogP contribution in [0.1, 0.15) is 12.8 Å². The Morgan fingerprint density at radius 3 is 2.15 bits per heavy atom. The largest absolute Gasteiger partial charge is 0.468 e. The molecule has 0 N–H and O–H groups in total. The van der Waals surface area contributed by atoms with Crippen molar-refractivity contribution >= 4 is 39.2 Å². The molecule has 0 radical (unpaired) electrons. The van der Waals surface area contributed by atoms with E-state index in [0.717, 1.165) is 16.2 Å². The Labute approximate surface area is 161 Å². The van der Waals surface area contributed by atoms with Crippen molar-refractivity contribution in [3.63, 3.8) is 0 Å². The zero-order valence-electron chi connectivity index (χ0n) is 15.1. The van der Waals surface area contributed by atoms with Crippen LogP contribution < -0.4 is 0 Å². The van der Waals surface area contributed by atoms with Crippen LogP contribution in [-0.2, 0) is 33.9 Å². The predicted molar refractivity (Wildman–Crippen MR) is 96.4 cm³/mol. The van der Waals surface area contributed by atoms with Crippen molar-refractivity contribution in [1.29, 1.82) is 0 Å². The van der Waals surface area contributed by atoms with Gasteiger partial charge in [-0.25, -0.2) is 8.42 Å². The van der Waals surface area contributed by atoms with Crippen molar-refractivity contribution in [2.75, 3.05) is 40.4 Å². The molecule has 1 aromatic heterocycles.